The summed E-state index contributed by atoms with van der Waals surface area (Å²) in [6.07, 6.45) is 2.74. The van der Waals surface area contributed by atoms with E-state index >= 15 is 0 Å². The van der Waals surface area contributed by atoms with E-state index in [1.807, 2.05) is 66.7 Å². The number of amidine groups is 1. The highest BCUT2D eigenvalue weighted by molar-refractivity contribution is 8.18. The number of carbonyl (C=O) groups is 1. The number of rotatable bonds is 5. The molecule has 0 unspecified atom stereocenters. The number of carbonyl (C=O) groups excluding carboxylic acids is 1. The van der Waals surface area contributed by atoms with Gasteiger partial charge in [-0.15, -0.1) is 0 Å². The molecular formula is C25H22N2OS. The maximum absolute atomic E-state index is 13.2. The molecule has 1 saturated heterocycles. The van der Waals surface area contributed by atoms with Gasteiger partial charge in [0.2, 0.25) is 0 Å². The number of hydrogen-bond acceptors (Lipinski definition) is 3. The number of amides is 1. The van der Waals surface area contributed by atoms with Crippen molar-refractivity contribution in [3.8, 4) is 0 Å². The monoisotopic (exact) mass is 398 g/mol. The molecule has 0 aromatic heterocycles. The molecule has 0 radical (unpaired) electrons. The van der Waals surface area contributed by atoms with Crippen LogP contribution in [0.25, 0.3) is 6.08 Å². The van der Waals surface area contributed by atoms with Crippen LogP contribution in [-0.4, -0.2) is 22.5 Å². The molecule has 0 N–H and O–H groups in total. The lowest BCUT2D eigenvalue weighted by Crippen LogP contribution is -2.31. The lowest BCUT2D eigenvalue weighted by atomic mass is 10.1. The molecule has 0 atom stereocenters. The second-order valence-corrected chi connectivity index (χ2v) is 7.95. The number of para-hydroxylation sites is 1. The average molecular weight is 399 g/mol. The Morgan fingerprint density at radius 3 is 2.24 bits per heavy atom. The largest absolute Gasteiger partial charge is 0.286 e. The van der Waals surface area contributed by atoms with Gasteiger partial charge in [-0.1, -0.05) is 78.4 Å². The van der Waals surface area contributed by atoms with Crippen LogP contribution in [0, 0.1) is 6.92 Å². The lowest BCUT2D eigenvalue weighted by Gasteiger charge is -2.15. The van der Waals surface area contributed by atoms with Gasteiger partial charge in [0.25, 0.3) is 5.91 Å². The molecule has 1 fully saturated rings. The minimum Gasteiger partial charge on any atom is -0.286 e. The van der Waals surface area contributed by atoms with Crippen LogP contribution >= 0.6 is 11.8 Å². The molecule has 3 aromatic rings. The van der Waals surface area contributed by atoms with Crippen LogP contribution in [0.2, 0.25) is 0 Å². The first-order valence-corrected chi connectivity index (χ1v) is 10.5. The predicted molar refractivity (Wildman–Crippen MR) is 122 cm³/mol. The third-order valence-electron chi connectivity index (χ3n) is 4.71. The van der Waals surface area contributed by atoms with E-state index in [0.717, 1.165) is 22.8 Å². The van der Waals surface area contributed by atoms with Crippen molar-refractivity contribution >= 4 is 34.6 Å². The predicted octanol–water partition coefficient (Wildman–Crippen LogP) is 5.84. The van der Waals surface area contributed by atoms with E-state index < -0.39 is 0 Å². The van der Waals surface area contributed by atoms with E-state index in [1.165, 1.54) is 22.9 Å². The highest BCUT2D eigenvalue weighted by Crippen LogP contribution is 2.34. The van der Waals surface area contributed by atoms with E-state index in [2.05, 4.69) is 31.2 Å². The summed E-state index contributed by atoms with van der Waals surface area (Å²) in [5.41, 5.74) is 4.29. The van der Waals surface area contributed by atoms with E-state index in [4.69, 9.17) is 4.99 Å². The van der Waals surface area contributed by atoms with Gasteiger partial charge in [-0.25, -0.2) is 4.99 Å². The number of hydrogen-bond donors (Lipinski definition) is 0. The van der Waals surface area contributed by atoms with Crippen LogP contribution in [0.3, 0.4) is 0 Å². The highest BCUT2D eigenvalue weighted by atomic mass is 32.2. The first-order valence-electron chi connectivity index (χ1n) is 9.65. The first kappa shape index (κ1) is 19.2. The fourth-order valence-corrected chi connectivity index (χ4v) is 4.13. The summed E-state index contributed by atoms with van der Waals surface area (Å²) < 4.78 is 0. The zero-order valence-corrected chi connectivity index (χ0v) is 17.1. The summed E-state index contributed by atoms with van der Waals surface area (Å²) in [6.45, 7) is 2.66. The standard InChI is InChI=1S/C25H22N2OS/c1-19-12-14-21(15-13-19)18-23-24(28)27(17-16-20-8-4-2-5-9-20)25(29-23)26-22-10-6-3-7-11-22/h2-15,18H,16-17H2,1H3/b23-18+,26-25?. The Bertz CT molecular complexity index is 1040. The van der Waals surface area contributed by atoms with E-state index in [1.54, 1.807) is 4.90 Å². The smallest absolute Gasteiger partial charge is 0.266 e. The molecule has 0 spiro atoms. The molecular weight excluding hydrogens is 376 g/mol. The van der Waals surface area contributed by atoms with Crippen LogP contribution < -0.4 is 0 Å². The normalized spacial score (nSPS) is 16.7. The van der Waals surface area contributed by atoms with Gasteiger partial charge in [-0.05, 0) is 54.4 Å². The Morgan fingerprint density at radius 1 is 0.897 bits per heavy atom. The summed E-state index contributed by atoms with van der Waals surface area (Å²) in [4.78, 5) is 20.4. The third-order valence-corrected chi connectivity index (χ3v) is 5.72. The summed E-state index contributed by atoms with van der Waals surface area (Å²) in [5, 5.41) is 0.732. The SMILES string of the molecule is Cc1ccc(/C=C2/SC(=Nc3ccccc3)N(CCc3ccccc3)C2=O)cc1. The molecule has 144 valence electrons. The topological polar surface area (TPSA) is 32.7 Å². The number of thioether (sulfide) groups is 1. The minimum atomic E-state index is 0.0150. The van der Waals surface area contributed by atoms with Crippen LogP contribution in [0.4, 0.5) is 5.69 Å². The number of nitrogens with zero attached hydrogens (tertiary/aromatic N) is 2. The molecule has 1 aliphatic rings. The fourth-order valence-electron chi connectivity index (χ4n) is 3.10. The van der Waals surface area contributed by atoms with Gasteiger partial charge in [-0.2, -0.15) is 0 Å². The van der Waals surface area contributed by atoms with Crippen molar-refractivity contribution in [1.29, 1.82) is 0 Å². The molecule has 0 aliphatic carbocycles. The van der Waals surface area contributed by atoms with Crippen LogP contribution in [0.15, 0.2) is 94.8 Å². The van der Waals surface area contributed by atoms with Gasteiger partial charge in [-0.3, -0.25) is 9.69 Å². The molecule has 1 amide bonds. The Kier molecular flexibility index (Phi) is 5.92. The van der Waals surface area contributed by atoms with Gasteiger partial charge in [0, 0.05) is 6.54 Å². The molecule has 29 heavy (non-hydrogen) atoms. The van der Waals surface area contributed by atoms with E-state index in [9.17, 15) is 4.79 Å². The molecule has 4 rings (SSSR count). The van der Waals surface area contributed by atoms with Gasteiger partial charge in [0.05, 0.1) is 10.6 Å². The van der Waals surface area contributed by atoms with Crippen molar-refractivity contribution in [2.45, 2.75) is 13.3 Å². The van der Waals surface area contributed by atoms with Crippen molar-refractivity contribution < 1.29 is 4.79 Å². The lowest BCUT2D eigenvalue weighted by molar-refractivity contribution is -0.122. The molecule has 1 heterocycles. The van der Waals surface area contributed by atoms with Gasteiger partial charge in [0.1, 0.15) is 0 Å². The zero-order valence-electron chi connectivity index (χ0n) is 16.3. The third kappa shape index (κ3) is 4.84. The molecule has 0 bridgehead atoms. The maximum atomic E-state index is 13.2. The Morgan fingerprint density at radius 2 is 1.55 bits per heavy atom. The summed E-state index contributed by atoms with van der Waals surface area (Å²) in [7, 11) is 0. The van der Waals surface area contributed by atoms with Gasteiger partial charge in [0.15, 0.2) is 5.17 Å². The zero-order chi connectivity index (χ0) is 20.1. The van der Waals surface area contributed by atoms with Crippen molar-refractivity contribution in [2.24, 2.45) is 4.99 Å². The number of benzene rings is 3. The molecule has 4 heteroatoms. The second-order valence-electron chi connectivity index (χ2n) is 6.94. The van der Waals surface area contributed by atoms with Crippen LogP contribution in [0.5, 0.6) is 0 Å². The number of aliphatic imine (C=N–C) groups is 1. The summed E-state index contributed by atoms with van der Waals surface area (Å²) >= 11 is 1.44. The second kappa shape index (κ2) is 8.93. The average Bonchev–Trinajstić information content (AvgIpc) is 3.04. The Balaban J connectivity index is 1.62. The van der Waals surface area contributed by atoms with Crippen molar-refractivity contribution in [2.75, 3.05) is 6.54 Å². The summed E-state index contributed by atoms with van der Waals surface area (Å²) in [5.74, 6) is 0.0150. The van der Waals surface area contributed by atoms with E-state index in [0.29, 0.717) is 11.4 Å². The van der Waals surface area contributed by atoms with Crippen molar-refractivity contribution in [1.82, 2.24) is 4.90 Å². The van der Waals surface area contributed by atoms with Crippen molar-refractivity contribution in [3.63, 3.8) is 0 Å². The van der Waals surface area contributed by atoms with Crippen LogP contribution in [0.1, 0.15) is 16.7 Å². The van der Waals surface area contributed by atoms with Gasteiger partial charge >= 0.3 is 0 Å². The molecule has 3 aromatic carbocycles. The molecule has 0 saturated carbocycles. The van der Waals surface area contributed by atoms with E-state index in [-0.39, 0.29) is 5.91 Å². The first-order chi connectivity index (χ1) is 14.2. The maximum Gasteiger partial charge on any atom is 0.266 e. The highest BCUT2D eigenvalue weighted by Gasteiger charge is 2.33. The molecule has 3 nitrogen and oxygen atoms in total. The quantitative estimate of drug-likeness (QED) is 0.506. The fraction of sp³-hybridized carbons (Fsp3) is 0.120. The number of aryl methyl sites for hydroxylation is 1. The Hall–Kier alpha value is -3.11. The minimum absolute atomic E-state index is 0.0150. The van der Waals surface area contributed by atoms with Crippen molar-refractivity contribution in [3.05, 3.63) is 107 Å². The van der Waals surface area contributed by atoms with Crippen LogP contribution in [-0.2, 0) is 11.2 Å². The van der Waals surface area contributed by atoms with Gasteiger partial charge < -0.3 is 0 Å². The molecule has 1 aliphatic heterocycles. The summed E-state index contributed by atoms with van der Waals surface area (Å²) in [6, 6.07) is 28.2. The Labute approximate surface area is 175 Å².